The fourth-order valence-corrected chi connectivity index (χ4v) is 2.18. The van der Waals surface area contributed by atoms with Gasteiger partial charge >= 0.3 is 0 Å². The summed E-state index contributed by atoms with van der Waals surface area (Å²) >= 11 is 0. The highest BCUT2D eigenvalue weighted by Gasteiger charge is 2.09. The van der Waals surface area contributed by atoms with Crippen molar-refractivity contribution in [3.8, 4) is 16.9 Å². The molecule has 0 bridgehead atoms. The van der Waals surface area contributed by atoms with Crippen LogP contribution in [0.25, 0.3) is 11.1 Å². The van der Waals surface area contributed by atoms with Crippen LogP contribution in [-0.4, -0.2) is 41.2 Å². The van der Waals surface area contributed by atoms with Crippen LogP contribution in [0.3, 0.4) is 0 Å². The Morgan fingerprint density at radius 3 is 1.82 bits per heavy atom. The summed E-state index contributed by atoms with van der Waals surface area (Å²) < 4.78 is 5.43. The summed E-state index contributed by atoms with van der Waals surface area (Å²) in [7, 11) is 0. The molecule has 2 aromatic carbocycles. The molecule has 0 aliphatic carbocycles. The van der Waals surface area contributed by atoms with Crippen LogP contribution in [-0.2, 0) is 0 Å². The van der Waals surface area contributed by atoms with Crippen molar-refractivity contribution >= 4 is 0 Å². The molecule has 0 amide bonds. The standard InChI is InChI=1S/C18H22O4/c1-13(21)12-22-18-8-6-15(7-9-18)14-2-4-16(5-3-14)17(10-19)11-20/h2-9,13,17,19-21H,10-12H2,1H3. The van der Waals surface area contributed by atoms with E-state index in [0.29, 0.717) is 0 Å². The van der Waals surface area contributed by atoms with Gasteiger partial charge < -0.3 is 20.1 Å². The molecule has 118 valence electrons. The summed E-state index contributed by atoms with van der Waals surface area (Å²) in [5, 5.41) is 27.6. The second-order valence-electron chi connectivity index (χ2n) is 5.37. The van der Waals surface area contributed by atoms with Gasteiger partial charge in [-0.15, -0.1) is 0 Å². The van der Waals surface area contributed by atoms with Crippen LogP contribution in [0.15, 0.2) is 48.5 Å². The van der Waals surface area contributed by atoms with Gasteiger partial charge in [0.25, 0.3) is 0 Å². The zero-order chi connectivity index (χ0) is 15.9. The molecule has 0 fully saturated rings. The predicted molar refractivity (Wildman–Crippen MR) is 86.0 cm³/mol. The molecular formula is C18H22O4. The van der Waals surface area contributed by atoms with Crippen LogP contribution in [0.2, 0.25) is 0 Å². The van der Waals surface area contributed by atoms with Crippen LogP contribution in [0.5, 0.6) is 5.75 Å². The van der Waals surface area contributed by atoms with Gasteiger partial charge in [0.15, 0.2) is 0 Å². The molecule has 1 unspecified atom stereocenters. The molecule has 0 heterocycles. The molecular weight excluding hydrogens is 280 g/mol. The first-order valence-electron chi connectivity index (χ1n) is 7.37. The second-order valence-corrected chi connectivity index (χ2v) is 5.37. The number of hydrogen-bond donors (Lipinski definition) is 3. The van der Waals surface area contributed by atoms with Crippen LogP contribution >= 0.6 is 0 Å². The Bertz CT molecular complexity index is 557. The molecule has 0 aromatic heterocycles. The van der Waals surface area contributed by atoms with Gasteiger partial charge in [-0.1, -0.05) is 36.4 Å². The average Bonchev–Trinajstić information content (AvgIpc) is 2.55. The predicted octanol–water partition coefficient (Wildman–Crippen LogP) is 2.18. The maximum absolute atomic E-state index is 9.20. The van der Waals surface area contributed by atoms with Crippen molar-refractivity contribution in [1.82, 2.24) is 0 Å². The van der Waals surface area contributed by atoms with E-state index in [-0.39, 0.29) is 25.7 Å². The van der Waals surface area contributed by atoms with E-state index in [1.54, 1.807) is 6.92 Å². The van der Waals surface area contributed by atoms with Crippen LogP contribution in [0.1, 0.15) is 18.4 Å². The number of ether oxygens (including phenoxy) is 1. The van der Waals surface area contributed by atoms with E-state index in [4.69, 9.17) is 4.74 Å². The Morgan fingerprint density at radius 2 is 1.36 bits per heavy atom. The highest BCUT2D eigenvalue weighted by atomic mass is 16.5. The van der Waals surface area contributed by atoms with Crippen molar-refractivity contribution in [3.63, 3.8) is 0 Å². The molecule has 0 aliphatic heterocycles. The average molecular weight is 302 g/mol. The first kappa shape index (κ1) is 16.5. The lowest BCUT2D eigenvalue weighted by molar-refractivity contribution is 0.123. The molecule has 2 aromatic rings. The van der Waals surface area contributed by atoms with E-state index >= 15 is 0 Å². The smallest absolute Gasteiger partial charge is 0.119 e. The molecule has 0 spiro atoms. The largest absolute Gasteiger partial charge is 0.491 e. The summed E-state index contributed by atoms with van der Waals surface area (Å²) in [6.07, 6.45) is -0.488. The minimum absolute atomic E-state index is 0.0643. The lowest BCUT2D eigenvalue weighted by Crippen LogP contribution is -2.12. The quantitative estimate of drug-likeness (QED) is 0.733. The Morgan fingerprint density at radius 1 is 0.864 bits per heavy atom. The number of benzene rings is 2. The van der Waals surface area contributed by atoms with Gasteiger partial charge in [-0.2, -0.15) is 0 Å². The van der Waals surface area contributed by atoms with Crippen molar-refractivity contribution in [1.29, 1.82) is 0 Å². The minimum Gasteiger partial charge on any atom is -0.491 e. The van der Waals surface area contributed by atoms with Gasteiger partial charge in [0.05, 0.1) is 19.3 Å². The topological polar surface area (TPSA) is 69.9 Å². The maximum Gasteiger partial charge on any atom is 0.119 e. The van der Waals surface area contributed by atoms with Crippen molar-refractivity contribution in [2.24, 2.45) is 0 Å². The normalized spacial score (nSPS) is 12.4. The van der Waals surface area contributed by atoms with Gasteiger partial charge in [-0.05, 0) is 35.7 Å². The van der Waals surface area contributed by atoms with E-state index in [1.165, 1.54) is 0 Å². The van der Waals surface area contributed by atoms with Crippen LogP contribution < -0.4 is 4.74 Å². The fraction of sp³-hybridized carbons (Fsp3) is 0.333. The zero-order valence-corrected chi connectivity index (χ0v) is 12.6. The van der Waals surface area contributed by atoms with Gasteiger partial charge in [-0.25, -0.2) is 0 Å². The number of aliphatic hydroxyl groups is 3. The lowest BCUT2D eigenvalue weighted by atomic mass is 9.97. The molecule has 2 rings (SSSR count). The molecule has 0 radical (unpaired) electrons. The van der Waals surface area contributed by atoms with Gasteiger partial charge in [0.1, 0.15) is 12.4 Å². The molecule has 4 nitrogen and oxygen atoms in total. The first-order valence-corrected chi connectivity index (χ1v) is 7.37. The maximum atomic E-state index is 9.20. The molecule has 0 aliphatic rings. The van der Waals surface area contributed by atoms with E-state index < -0.39 is 6.10 Å². The summed E-state index contributed by atoms with van der Waals surface area (Å²) in [5.41, 5.74) is 3.03. The highest BCUT2D eigenvalue weighted by Crippen LogP contribution is 2.24. The number of hydrogen-bond acceptors (Lipinski definition) is 4. The number of rotatable bonds is 7. The molecule has 22 heavy (non-hydrogen) atoms. The van der Waals surface area contributed by atoms with Crippen molar-refractivity contribution < 1.29 is 20.1 Å². The Balaban J connectivity index is 2.08. The van der Waals surface area contributed by atoms with E-state index in [9.17, 15) is 15.3 Å². The molecule has 0 saturated heterocycles. The van der Waals surface area contributed by atoms with Crippen molar-refractivity contribution in [2.75, 3.05) is 19.8 Å². The van der Waals surface area contributed by atoms with Gasteiger partial charge in [-0.3, -0.25) is 0 Å². The first-order chi connectivity index (χ1) is 10.6. The third kappa shape index (κ3) is 4.31. The van der Waals surface area contributed by atoms with Crippen LogP contribution in [0.4, 0.5) is 0 Å². The van der Waals surface area contributed by atoms with Crippen molar-refractivity contribution in [2.45, 2.75) is 18.9 Å². The molecule has 1 atom stereocenters. The highest BCUT2D eigenvalue weighted by molar-refractivity contribution is 5.64. The molecule has 4 heteroatoms. The van der Waals surface area contributed by atoms with Gasteiger partial charge in [0, 0.05) is 5.92 Å². The summed E-state index contributed by atoms with van der Waals surface area (Å²) in [6, 6.07) is 15.4. The summed E-state index contributed by atoms with van der Waals surface area (Å²) in [6.45, 7) is 1.83. The molecule has 3 N–H and O–H groups in total. The zero-order valence-electron chi connectivity index (χ0n) is 12.6. The number of aliphatic hydroxyl groups excluding tert-OH is 3. The van der Waals surface area contributed by atoms with Crippen LogP contribution in [0, 0.1) is 0 Å². The lowest BCUT2D eigenvalue weighted by Gasteiger charge is -2.12. The Labute approximate surface area is 130 Å². The van der Waals surface area contributed by atoms with E-state index in [2.05, 4.69) is 0 Å². The van der Waals surface area contributed by atoms with Gasteiger partial charge in [0.2, 0.25) is 0 Å². The monoisotopic (exact) mass is 302 g/mol. The summed E-state index contributed by atoms with van der Waals surface area (Å²) in [5.74, 6) is 0.493. The Hall–Kier alpha value is -1.88. The minimum atomic E-state index is -0.488. The second kappa shape index (κ2) is 7.94. The summed E-state index contributed by atoms with van der Waals surface area (Å²) in [4.78, 5) is 0. The Kier molecular flexibility index (Phi) is 5.95. The van der Waals surface area contributed by atoms with E-state index in [0.717, 1.165) is 22.4 Å². The SMILES string of the molecule is CC(O)COc1ccc(-c2ccc(C(CO)CO)cc2)cc1. The third-order valence-corrected chi connectivity index (χ3v) is 3.50. The van der Waals surface area contributed by atoms with Crippen molar-refractivity contribution in [3.05, 3.63) is 54.1 Å². The molecule has 0 saturated carbocycles. The van der Waals surface area contributed by atoms with E-state index in [1.807, 2.05) is 48.5 Å². The third-order valence-electron chi connectivity index (χ3n) is 3.50. The fourth-order valence-electron chi connectivity index (χ4n) is 2.18.